The van der Waals surface area contributed by atoms with Crippen LogP contribution < -0.4 is 5.32 Å². The molecule has 3 rings (SSSR count). The van der Waals surface area contributed by atoms with Gasteiger partial charge in [0.05, 0.1) is 16.3 Å². The second kappa shape index (κ2) is 5.27. The summed E-state index contributed by atoms with van der Waals surface area (Å²) in [6.45, 7) is 0. The van der Waals surface area contributed by atoms with Crippen molar-refractivity contribution in [2.24, 2.45) is 0 Å². The summed E-state index contributed by atoms with van der Waals surface area (Å²) in [5, 5.41) is 12.4. The lowest BCUT2D eigenvalue weighted by molar-refractivity contribution is 0.644. The SMILES string of the molecule is N#CC(CSc1nc2ccccc2s1)NC1CC1. The molecule has 1 fully saturated rings. The average molecular weight is 275 g/mol. The van der Waals surface area contributed by atoms with Crippen molar-refractivity contribution in [1.29, 1.82) is 5.26 Å². The fourth-order valence-corrected chi connectivity index (χ4v) is 3.77. The lowest BCUT2D eigenvalue weighted by atomic mass is 10.3. The maximum atomic E-state index is 9.08. The van der Waals surface area contributed by atoms with E-state index in [1.54, 1.807) is 23.1 Å². The quantitative estimate of drug-likeness (QED) is 0.852. The normalized spacial score (nSPS) is 16.6. The van der Waals surface area contributed by atoms with Gasteiger partial charge in [0, 0.05) is 11.8 Å². The number of benzene rings is 1. The molecular formula is C13H13N3S2. The van der Waals surface area contributed by atoms with Gasteiger partial charge < -0.3 is 0 Å². The molecule has 2 aromatic rings. The number of thioether (sulfide) groups is 1. The predicted octanol–water partition coefficient (Wildman–Crippen LogP) is 3.03. The van der Waals surface area contributed by atoms with Crippen LogP contribution in [0.15, 0.2) is 28.6 Å². The van der Waals surface area contributed by atoms with Crippen LogP contribution in [0.5, 0.6) is 0 Å². The van der Waals surface area contributed by atoms with Gasteiger partial charge >= 0.3 is 0 Å². The van der Waals surface area contributed by atoms with Crippen molar-refractivity contribution < 1.29 is 0 Å². The molecule has 1 aromatic heterocycles. The van der Waals surface area contributed by atoms with Crippen molar-refractivity contribution in [2.45, 2.75) is 29.3 Å². The minimum atomic E-state index is -0.0606. The van der Waals surface area contributed by atoms with Gasteiger partial charge in [-0.05, 0) is 25.0 Å². The first-order valence-electron chi connectivity index (χ1n) is 5.99. The van der Waals surface area contributed by atoms with E-state index < -0.39 is 0 Å². The Kier molecular flexibility index (Phi) is 3.50. The Morgan fingerprint density at radius 2 is 2.33 bits per heavy atom. The lowest BCUT2D eigenvalue weighted by Gasteiger charge is -2.08. The molecule has 18 heavy (non-hydrogen) atoms. The lowest BCUT2D eigenvalue weighted by Crippen LogP contribution is -2.31. The van der Waals surface area contributed by atoms with Crippen molar-refractivity contribution in [2.75, 3.05) is 5.75 Å². The van der Waals surface area contributed by atoms with Crippen molar-refractivity contribution in [3.63, 3.8) is 0 Å². The van der Waals surface area contributed by atoms with Crippen LogP contribution in [0, 0.1) is 11.3 Å². The second-order valence-electron chi connectivity index (χ2n) is 4.38. The maximum Gasteiger partial charge on any atom is 0.151 e. The van der Waals surface area contributed by atoms with Gasteiger partial charge in [0.2, 0.25) is 0 Å². The smallest absolute Gasteiger partial charge is 0.151 e. The van der Waals surface area contributed by atoms with E-state index in [0.717, 1.165) is 15.6 Å². The monoisotopic (exact) mass is 275 g/mol. The number of nitrogens with one attached hydrogen (secondary N) is 1. The highest BCUT2D eigenvalue weighted by atomic mass is 32.2. The average Bonchev–Trinajstić information content (AvgIpc) is 3.11. The Morgan fingerprint density at radius 3 is 3.06 bits per heavy atom. The summed E-state index contributed by atoms with van der Waals surface area (Å²) in [6.07, 6.45) is 2.42. The molecular weight excluding hydrogens is 262 g/mol. The first kappa shape index (κ1) is 12.0. The molecule has 3 nitrogen and oxygen atoms in total. The summed E-state index contributed by atoms with van der Waals surface area (Å²) >= 11 is 3.37. The van der Waals surface area contributed by atoms with Crippen LogP contribution in [0.3, 0.4) is 0 Å². The van der Waals surface area contributed by atoms with E-state index in [9.17, 15) is 0 Å². The minimum absolute atomic E-state index is 0.0606. The van der Waals surface area contributed by atoms with Gasteiger partial charge in [-0.15, -0.1) is 11.3 Å². The first-order chi connectivity index (χ1) is 8.85. The summed E-state index contributed by atoms with van der Waals surface area (Å²) in [4.78, 5) is 4.56. The first-order valence-corrected chi connectivity index (χ1v) is 7.79. The van der Waals surface area contributed by atoms with E-state index >= 15 is 0 Å². The zero-order valence-corrected chi connectivity index (χ0v) is 11.4. The molecule has 1 atom stereocenters. The van der Waals surface area contributed by atoms with Crippen LogP contribution in [0.1, 0.15) is 12.8 Å². The molecule has 0 spiro atoms. The third-order valence-electron chi connectivity index (χ3n) is 2.82. The number of aromatic nitrogens is 1. The van der Waals surface area contributed by atoms with Gasteiger partial charge in [-0.3, -0.25) is 5.32 Å². The van der Waals surface area contributed by atoms with Crippen LogP contribution in [0.25, 0.3) is 10.2 Å². The number of nitrogens with zero attached hydrogens (tertiary/aromatic N) is 2. The summed E-state index contributed by atoms with van der Waals surface area (Å²) in [6, 6.07) is 11.0. The molecule has 1 aliphatic rings. The molecule has 0 bridgehead atoms. The highest BCUT2D eigenvalue weighted by Gasteiger charge is 2.24. The molecule has 1 N–H and O–H groups in total. The number of fused-ring (bicyclic) bond motifs is 1. The number of rotatable bonds is 5. The standard InChI is InChI=1S/C13H13N3S2/c14-7-10(15-9-5-6-9)8-17-13-16-11-3-1-2-4-12(11)18-13/h1-4,9-10,15H,5-6,8H2. The fourth-order valence-electron chi connectivity index (χ4n) is 1.72. The molecule has 0 aliphatic heterocycles. The number of hydrogen-bond acceptors (Lipinski definition) is 5. The van der Waals surface area contributed by atoms with Crippen LogP contribution >= 0.6 is 23.1 Å². The van der Waals surface area contributed by atoms with E-state index in [1.807, 2.05) is 18.2 Å². The summed E-state index contributed by atoms with van der Waals surface area (Å²) in [5.74, 6) is 0.771. The fraction of sp³-hybridized carbons (Fsp3) is 0.385. The predicted molar refractivity (Wildman–Crippen MR) is 75.9 cm³/mol. The molecule has 0 amide bonds. The molecule has 1 heterocycles. The zero-order chi connectivity index (χ0) is 12.4. The molecule has 0 saturated heterocycles. The number of hydrogen-bond donors (Lipinski definition) is 1. The Morgan fingerprint density at radius 1 is 1.50 bits per heavy atom. The topological polar surface area (TPSA) is 48.7 Å². The van der Waals surface area contributed by atoms with E-state index in [1.165, 1.54) is 17.5 Å². The van der Waals surface area contributed by atoms with Crippen LogP contribution in [-0.2, 0) is 0 Å². The van der Waals surface area contributed by atoms with E-state index in [-0.39, 0.29) is 6.04 Å². The number of para-hydroxylation sites is 1. The molecule has 1 aromatic carbocycles. The Hall–Kier alpha value is -1.09. The van der Waals surface area contributed by atoms with Gasteiger partial charge in [-0.1, -0.05) is 23.9 Å². The highest BCUT2D eigenvalue weighted by Crippen LogP contribution is 2.30. The minimum Gasteiger partial charge on any atom is -0.298 e. The summed E-state index contributed by atoms with van der Waals surface area (Å²) in [7, 11) is 0. The molecule has 1 aliphatic carbocycles. The van der Waals surface area contributed by atoms with Gasteiger partial charge in [0.25, 0.3) is 0 Å². The van der Waals surface area contributed by atoms with Gasteiger partial charge in [-0.2, -0.15) is 5.26 Å². The van der Waals surface area contributed by atoms with Crippen molar-refractivity contribution in [3.8, 4) is 6.07 Å². The summed E-state index contributed by atoms with van der Waals surface area (Å²) < 4.78 is 2.26. The van der Waals surface area contributed by atoms with E-state index in [0.29, 0.717) is 6.04 Å². The van der Waals surface area contributed by atoms with Crippen molar-refractivity contribution in [1.82, 2.24) is 10.3 Å². The third-order valence-corrected chi connectivity index (χ3v) is 5.09. The van der Waals surface area contributed by atoms with Gasteiger partial charge in [-0.25, -0.2) is 4.98 Å². The third kappa shape index (κ3) is 2.83. The summed E-state index contributed by atoms with van der Waals surface area (Å²) in [5.41, 5.74) is 1.05. The van der Waals surface area contributed by atoms with Gasteiger partial charge in [0.1, 0.15) is 6.04 Å². The molecule has 5 heteroatoms. The second-order valence-corrected chi connectivity index (χ2v) is 6.68. The van der Waals surface area contributed by atoms with Crippen LogP contribution in [-0.4, -0.2) is 22.8 Å². The Labute approximate surface area is 114 Å². The molecule has 1 saturated carbocycles. The van der Waals surface area contributed by atoms with Crippen molar-refractivity contribution >= 4 is 33.3 Å². The zero-order valence-electron chi connectivity index (χ0n) is 9.80. The number of nitriles is 1. The van der Waals surface area contributed by atoms with E-state index in [4.69, 9.17) is 5.26 Å². The van der Waals surface area contributed by atoms with Crippen LogP contribution in [0.4, 0.5) is 0 Å². The van der Waals surface area contributed by atoms with Crippen LogP contribution in [0.2, 0.25) is 0 Å². The molecule has 92 valence electrons. The van der Waals surface area contributed by atoms with Crippen molar-refractivity contribution in [3.05, 3.63) is 24.3 Å². The largest absolute Gasteiger partial charge is 0.298 e. The van der Waals surface area contributed by atoms with E-state index in [2.05, 4.69) is 22.4 Å². The Balaban J connectivity index is 1.63. The van der Waals surface area contributed by atoms with Gasteiger partial charge in [0.15, 0.2) is 4.34 Å². The maximum absolute atomic E-state index is 9.08. The number of thiazole rings is 1. The highest BCUT2D eigenvalue weighted by molar-refractivity contribution is 8.01. The Bertz CT molecular complexity index is 550. The molecule has 1 unspecified atom stereocenters. The molecule has 0 radical (unpaired) electrons.